The molecule has 0 unspecified atom stereocenters. The summed E-state index contributed by atoms with van der Waals surface area (Å²) in [5, 5.41) is 7.85. The molecule has 0 saturated heterocycles. The van der Waals surface area contributed by atoms with E-state index in [1.807, 2.05) is 31.2 Å². The summed E-state index contributed by atoms with van der Waals surface area (Å²) < 4.78 is 5.35. The number of pyridine rings is 1. The Bertz CT molecular complexity index is 739. The van der Waals surface area contributed by atoms with E-state index >= 15 is 0 Å². The quantitative estimate of drug-likeness (QED) is 0.792. The smallest absolute Gasteiger partial charge is 0.261 e. The molecule has 2 aromatic heterocycles. The summed E-state index contributed by atoms with van der Waals surface area (Å²) in [5.74, 6) is 1.68. The second-order valence-electron chi connectivity index (χ2n) is 4.36. The minimum Gasteiger partial charge on any atom is -0.370 e. The van der Waals surface area contributed by atoms with Gasteiger partial charge in [0.15, 0.2) is 0 Å². The van der Waals surface area contributed by atoms with Crippen molar-refractivity contribution in [1.82, 2.24) is 15.1 Å². The van der Waals surface area contributed by atoms with Crippen molar-refractivity contribution >= 4 is 17.4 Å². The first kappa shape index (κ1) is 13.6. The molecule has 0 amide bonds. The fourth-order valence-electron chi connectivity index (χ4n) is 1.94. The van der Waals surface area contributed by atoms with E-state index in [2.05, 4.69) is 20.4 Å². The van der Waals surface area contributed by atoms with E-state index in [0.717, 1.165) is 23.5 Å². The summed E-state index contributed by atoms with van der Waals surface area (Å²) >= 11 is 5.87. The second kappa shape index (κ2) is 5.93. The fraction of sp³-hybridized carbons (Fsp3) is 0.133. The molecule has 0 bridgehead atoms. The standard InChI is InChI=1S/C15H13ClN4O/c1-2-17-14-12(4-3-9-18-14)15-19-13(20-21-15)10-5-7-11(16)8-6-10/h3-9H,2H2,1H3,(H,17,18). The molecule has 0 fully saturated rings. The van der Waals surface area contributed by atoms with Gasteiger partial charge in [-0.2, -0.15) is 4.98 Å². The van der Waals surface area contributed by atoms with Crippen LogP contribution in [0, 0.1) is 0 Å². The van der Waals surface area contributed by atoms with E-state index in [4.69, 9.17) is 16.1 Å². The molecule has 0 atom stereocenters. The number of aromatic nitrogens is 3. The lowest BCUT2D eigenvalue weighted by Gasteiger charge is -2.04. The number of hydrogen-bond donors (Lipinski definition) is 1. The number of anilines is 1. The molecular weight excluding hydrogens is 288 g/mol. The zero-order valence-corrected chi connectivity index (χ0v) is 12.1. The molecular formula is C15H13ClN4O. The minimum atomic E-state index is 0.434. The van der Waals surface area contributed by atoms with Crippen LogP contribution in [0.25, 0.3) is 22.8 Å². The molecule has 1 aromatic carbocycles. The van der Waals surface area contributed by atoms with Gasteiger partial charge in [0.05, 0.1) is 5.56 Å². The van der Waals surface area contributed by atoms with Gasteiger partial charge in [0, 0.05) is 23.3 Å². The molecule has 6 heteroatoms. The lowest BCUT2D eigenvalue weighted by molar-refractivity contribution is 0.432. The Balaban J connectivity index is 1.97. The number of benzene rings is 1. The molecule has 0 aliphatic rings. The topological polar surface area (TPSA) is 63.8 Å². The molecule has 0 saturated carbocycles. The largest absolute Gasteiger partial charge is 0.370 e. The Labute approximate surface area is 127 Å². The van der Waals surface area contributed by atoms with Gasteiger partial charge in [0.25, 0.3) is 5.89 Å². The third-order valence-electron chi connectivity index (χ3n) is 2.91. The lowest BCUT2D eigenvalue weighted by Crippen LogP contribution is -2.00. The van der Waals surface area contributed by atoms with E-state index in [-0.39, 0.29) is 0 Å². The van der Waals surface area contributed by atoms with Crippen molar-refractivity contribution in [2.24, 2.45) is 0 Å². The van der Waals surface area contributed by atoms with Crippen molar-refractivity contribution in [2.45, 2.75) is 6.92 Å². The Hall–Kier alpha value is -2.40. The van der Waals surface area contributed by atoms with E-state index in [1.165, 1.54) is 0 Å². The summed E-state index contributed by atoms with van der Waals surface area (Å²) in [4.78, 5) is 8.70. The third kappa shape index (κ3) is 2.87. The van der Waals surface area contributed by atoms with Crippen LogP contribution in [0.4, 0.5) is 5.82 Å². The highest BCUT2D eigenvalue weighted by Gasteiger charge is 2.14. The summed E-state index contributed by atoms with van der Waals surface area (Å²) in [7, 11) is 0. The molecule has 3 rings (SSSR count). The van der Waals surface area contributed by atoms with Crippen LogP contribution < -0.4 is 5.32 Å². The van der Waals surface area contributed by atoms with Crippen LogP contribution in [0.5, 0.6) is 0 Å². The van der Waals surface area contributed by atoms with Gasteiger partial charge in [-0.25, -0.2) is 4.98 Å². The van der Waals surface area contributed by atoms with Crippen molar-refractivity contribution < 1.29 is 4.52 Å². The Morgan fingerprint density at radius 3 is 2.76 bits per heavy atom. The molecule has 0 aliphatic heterocycles. The molecule has 3 aromatic rings. The monoisotopic (exact) mass is 300 g/mol. The summed E-state index contributed by atoms with van der Waals surface area (Å²) in [5.41, 5.74) is 1.63. The van der Waals surface area contributed by atoms with Crippen LogP contribution in [-0.2, 0) is 0 Å². The highest BCUT2D eigenvalue weighted by Crippen LogP contribution is 2.27. The predicted octanol–water partition coefficient (Wildman–Crippen LogP) is 3.88. The van der Waals surface area contributed by atoms with Gasteiger partial charge in [-0.1, -0.05) is 16.8 Å². The van der Waals surface area contributed by atoms with Gasteiger partial charge in [-0.15, -0.1) is 0 Å². The van der Waals surface area contributed by atoms with Gasteiger partial charge in [0.2, 0.25) is 5.82 Å². The van der Waals surface area contributed by atoms with Crippen LogP contribution in [0.1, 0.15) is 6.92 Å². The molecule has 2 heterocycles. The third-order valence-corrected chi connectivity index (χ3v) is 3.16. The highest BCUT2D eigenvalue weighted by atomic mass is 35.5. The SMILES string of the molecule is CCNc1ncccc1-c1nc(-c2ccc(Cl)cc2)no1. The molecule has 0 spiro atoms. The van der Waals surface area contributed by atoms with Crippen LogP contribution in [-0.4, -0.2) is 21.7 Å². The van der Waals surface area contributed by atoms with E-state index in [1.54, 1.807) is 18.3 Å². The van der Waals surface area contributed by atoms with Gasteiger partial charge in [-0.05, 0) is 43.3 Å². The summed E-state index contributed by atoms with van der Waals surface area (Å²) in [6.07, 6.45) is 1.72. The van der Waals surface area contributed by atoms with Crippen molar-refractivity contribution in [3.8, 4) is 22.8 Å². The Morgan fingerprint density at radius 2 is 2.00 bits per heavy atom. The zero-order chi connectivity index (χ0) is 14.7. The van der Waals surface area contributed by atoms with Gasteiger partial charge in [0.1, 0.15) is 5.82 Å². The van der Waals surface area contributed by atoms with Gasteiger partial charge in [-0.3, -0.25) is 0 Å². The van der Waals surface area contributed by atoms with Crippen LogP contribution in [0.15, 0.2) is 47.1 Å². The second-order valence-corrected chi connectivity index (χ2v) is 4.80. The van der Waals surface area contributed by atoms with E-state index < -0.39 is 0 Å². The molecule has 0 radical (unpaired) electrons. The zero-order valence-electron chi connectivity index (χ0n) is 11.4. The number of nitrogens with one attached hydrogen (secondary N) is 1. The van der Waals surface area contributed by atoms with Crippen LogP contribution in [0.3, 0.4) is 0 Å². The van der Waals surface area contributed by atoms with Gasteiger partial charge >= 0.3 is 0 Å². The van der Waals surface area contributed by atoms with E-state index in [0.29, 0.717) is 16.7 Å². The maximum absolute atomic E-state index is 5.87. The lowest BCUT2D eigenvalue weighted by atomic mass is 10.2. The van der Waals surface area contributed by atoms with Crippen molar-refractivity contribution in [3.63, 3.8) is 0 Å². The Kier molecular flexibility index (Phi) is 3.83. The normalized spacial score (nSPS) is 10.6. The van der Waals surface area contributed by atoms with Crippen molar-refractivity contribution in [3.05, 3.63) is 47.6 Å². The molecule has 106 valence electrons. The van der Waals surface area contributed by atoms with Crippen molar-refractivity contribution in [1.29, 1.82) is 0 Å². The fourth-order valence-corrected chi connectivity index (χ4v) is 2.06. The molecule has 5 nitrogen and oxygen atoms in total. The first-order valence-electron chi connectivity index (χ1n) is 6.57. The van der Waals surface area contributed by atoms with Gasteiger partial charge < -0.3 is 9.84 Å². The predicted molar refractivity (Wildman–Crippen MR) is 82.1 cm³/mol. The summed E-state index contributed by atoms with van der Waals surface area (Å²) in [6.45, 7) is 2.77. The van der Waals surface area contributed by atoms with Crippen LogP contribution >= 0.6 is 11.6 Å². The molecule has 0 aliphatic carbocycles. The Morgan fingerprint density at radius 1 is 1.19 bits per heavy atom. The number of hydrogen-bond acceptors (Lipinski definition) is 5. The number of halogens is 1. The van der Waals surface area contributed by atoms with Crippen molar-refractivity contribution in [2.75, 3.05) is 11.9 Å². The summed E-state index contributed by atoms with van der Waals surface area (Å²) in [6, 6.07) is 11.0. The van der Waals surface area contributed by atoms with Crippen LogP contribution in [0.2, 0.25) is 5.02 Å². The first-order chi connectivity index (χ1) is 10.3. The number of nitrogens with zero attached hydrogens (tertiary/aromatic N) is 3. The highest BCUT2D eigenvalue weighted by molar-refractivity contribution is 6.30. The molecule has 1 N–H and O–H groups in total. The minimum absolute atomic E-state index is 0.434. The average molecular weight is 301 g/mol. The number of rotatable bonds is 4. The maximum atomic E-state index is 5.87. The van der Waals surface area contributed by atoms with E-state index in [9.17, 15) is 0 Å². The average Bonchev–Trinajstić information content (AvgIpc) is 2.99. The first-order valence-corrected chi connectivity index (χ1v) is 6.94. The maximum Gasteiger partial charge on any atom is 0.261 e. The molecule has 21 heavy (non-hydrogen) atoms.